The molecule has 0 aliphatic heterocycles. The number of rotatable bonds is 8. The molecular formula is C29H29BrN4O4. The van der Waals surface area contributed by atoms with Gasteiger partial charge in [-0.15, -0.1) is 0 Å². The van der Waals surface area contributed by atoms with Crippen LogP contribution in [0.4, 0.5) is 11.4 Å². The van der Waals surface area contributed by atoms with Gasteiger partial charge in [-0.25, -0.2) is 9.79 Å². The zero-order valence-corrected chi connectivity index (χ0v) is 23.2. The molecule has 1 aromatic heterocycles. The van der Waals surface area contributed by atoms with E-state index in [1.54, 1.807) is 30.0 Å². The lowest BCUT2D eigenvalue weighted by Gasteiger charge is -2.24. The van der Waals surface area contributed by atoms with Crippen LogP contribution >= 0.6 is 15.9 Å². The molecule has 38 heavy (non-hydrogen) atoms. The number of halogens is 1. The van der Waals surface area contributed by atoms with Crippen LogP contribution in [-0.2, 0) is 9.53 Å². The molecule has 0 atom stereocenters. The van der Waals surface area contributed by atoms with Crippen molar-refractivity contribution < 1.29 is 19.4 Å². The van der Waals surface area contributed by atoms with Crippen molar-refractivity contribution in [1.82, 2.24) is 9.88 Å². The van der Waals surface area contributed by atoms with Crippen LogP contribution in [-0.4, -0.2) is 66.9 Å². The summed E-state index contributed by atoms with van der Waals surface area (Å²) >= 11 is 3.62. The summed E-state index contributed by atoms with van der Waals surface area (Å²) < 4.78 is 5.55. The Balaban J connectivity index is 1.82. The SMILES string of the molecule is COC(=O)c1ccc2c(C(=Nc3ccc(N(CCN(C)C)C(C)=O)c(Br)c3)c3ccccc3)c(O)[nH]c2c1. The Bertz CT molecular complexity index is 1510. The van der Waals surface area contributed by atoms with Gasteiger partial charge in [0.2, 0.25) is 5.91 Å². The molecule has 1 amide bonds. The van der Waals surface area contributed by atoms with Crippen molar-refractivity contribution in [2.45, 2.75) is 6.92 Å². The average Bonchev–Trinajstić information content (AvgIpc) is 3.22. The minimum absolute atomic E-state index is 0.0520. The Morgan fingerprint density at radius 3 is 2.37 bits per heavy atom. The van der Waals surface area contributed by atoms with Crippen molar-refractivity contribution in [2.75, 3.05) is 39.2 Å². The number of aromatic nitrogens is 1. The second-order valence-electron chi connectivity index (χ2n) is 9.04. The van der Waals surface area contributed by atoms with Gasteiger partial charge in [0.25, 0.3) is 0 Å². The Kier molecular flexibility index (Phi) is 8.29. The van der Waals surface area contributed by atoms with Gasteiger partial charge in [0.05, 0.1) is 35.3 Å². The largest absolute Gasteiger partial charge is 0.494 e. The number of aromatic amines is 1. The van der Waals surface area contributed by atoms with Crippen LogP contribution < -0.4 is 4.90 Å². The zero-order valence-electron chi connectivity index (χ0n) is 21.7. The van der Waals surface area contributed by atoms with Crippen LogP contribution in [0.5, 0.6) is 5.88 Å². The molecule has 0 radical (unpaired) electrons. The van der Waals surface area contributed by atoms with E-state index in [1.807, 2.05) is 67.5 Å². The van der Waals surface area contributed by atoms with E-state index >= 15 is 0 Å². The van der Waals surface area contributed by atoms with Crippen LogP contribution in [0.15, 0.2) is 76.2 Å². The molecular weight excluding hydrogens is 548 g/mol. The number of aliphatic imine (C=N–C) groups is 1. The second-order valence-corrected chi connectivity index (χ2v) is 9.89. The fourth-order valence-electron chi connectivity index (χ4n) is 4.19. The number of nitrogens with zero attached hydrogens (tertiary/aromatic N) is 3. The van der Waals surface area contributed by atoms with Crippen molar-refractivity contribution in [3.63, 3.8) is 0 Å². The number of aromatic hydroxyl groups is 1. The number of carbonyl (C=O) groups is 2. The van der Waals surface area contributed by atoms with E-state index in [2.05, 4.69) is 20.9 Å². The number of esters is 1. The highest BCUT2D eigenvalue weighted by Gasteiger charge is 2.21. The van der Waals surface area contributed by atoms with Gasteiger partial charge in [-0.2, -0.15) is 0 Å². The minimum atomic E-state index is -0.463. The van der Waals surface area contributed by atoms with Gasteiger partial charge in [0.15, 0.2) is 5.88 Å². The number of fused-ring (bicyclic) bond motifs is 1. The molecule has 4 rings (SSSR count). The number of methoxy groups -OCH3 is 1. The number of benzene rings is 3. The smallest absolute Gasteiger partial charge is 0.337 e. The first kappa shape index (κ1) is 27.1. The molecule has 0 saturated carbocycles. The van der Waals surface area contributed by atoms with Crippen molar-refractivity contribution in [2.24, 2.45) is 4.99 Å². The van der Waals surface area contributed by atoms with E-state index < -0.39 is 5.97 Å². The summed E-state index contributed by atoms with van der Waals surface area (Å²) in [6.45, 7) is 2.82. The van der Waals surface area contributed by atoms with E-state index in [9.17, 15) is 14.7 Å². The summed E-state index contributed by atoms with van der Waals surface area (Å²) in [5, 5.41) is 11.7. The average molecular weight is 577 g/mol. The lowest BCUT2D eigenvalue weighted by molar-refractivity contribution is -0.116. The molecule has 4 aromatic rings. The van der Waals surface area contributed by atoms with Crippen molar-refractivity contribution >= 4 is 55.8 Å². The van der Waals surface area contributed by atoms with Gasteiger partial charge in [0, 0.05) is 41.0 Å². The fourth-order valence-corrected chi connectivity index (χ4v) is 4.77. The summed E-state index contributed by atoms with van der Waals surface area (Å²) in [7, 11) is 5.25. The van der Waals surface area contributed by atoms with Gasteiger partial charge in [-0.3, -0.25) is 4.79 Å². The highest BCUT2D eigenvalue weighted by molar-refractivity contribution is 9.10. The van der Waals surface area contributed by atoms with Gasteiger partial charge in [0.1, 0.15) is 0 Å². The van der Waals surface area contributed by atoms with Crippen LogP contribution in [0.25, 0.3) is 10.9 Å². The third-order valence-electron chi connectivity index (χ3n) is 6.10. The molecule has 0 aliphatic carbocycles. The third kappa shape index (κ3) is 5.79. The maximum absolute atomic E-state index is 12.4. The molecule has 1 heterocycles. The predicted octanol–water partition coefficient (Wildman–Crippen LogP) is 5.51. The number of hydrogen-bond donors (Lipinski definition) is 2. The van der Waals surface area contributed by atoms with E-state index in [-0.39, 0.29) is 11.8 Å². The Hall–Kier alpha value is -3.95. The van der Waals surface area contributed by atoms with E-state index in [1.165, 1.54) is 7.11 Å². The standard InChI is InChI=1S/C29H29BrN4O4/c1-18(35)34(15-14-33(2)3)25-13-11-21(17-23(25)30)31-27(19-8-6-5-7-9-19)26-22-12-10-20(29(37)38-4)16-24(22)32-28(26)36/h5-13,16-17,32,36H,14-15H2,1-4H3. The number of hydrogen-bond acceptors (Lipinski definition) is 6. The molecule has 0 bridgehead atoms. The van der Waals surface area contributed by atoms with Crippen molar-refractivity contribution in [1.29, 1.82) is 0 Å². The summed E-state index contributed by atoms with van der Waals surface area (Å²) in [6.07, 6.45) is 0. The molecule has 0 aliphatic rings. The number of carbonyl (C=O) groups excluding carboxylic acids is 2. The normalized spacial score (nSPS) is 11.7. The number of H-pyrrole nitrogens is 1. The van der Waals surface area contributed by atoms with E-state index in [4.69, 9.17) is 9.73 Å². The van der Waals surface area contributed by atoms with Gasteiger partial charge in [-0.05, 0) is 60.4 Å². The maximum atomic E-state index is 12.4. The molecule has 3 aromatic carbocycles. The molecule has 196 valence electrons. The molecule has 0 fully saturated rings. The van der Waals surface area contributed by atoms with Crippen LogP contribution in [0, 0.1) is 0 Å². The van der Waals surface area contributed by atoms with Crippen molar-refractivity contribution in [3.8, 4) is 5.88 Å². The molecule has 0 saturated heterocycles. The molecule has 0 spiro atoms. The van der Waals surface area contributed by atoms with Crippen LogP contribution in [0.1, 0.15) is 28.4 Å². The van der Waals surface area contributed by atoms with Gasteiger partial charge in [-0.1, -0.05) is 36.4 Å². The highest BCUT2D eigenvalue weighted by atomic mass is 79.9. The molecule has 0 unspecified atom stereocenters. The quantitative estimate of drug-likeness (QED) is 0.213. The van der Waals surface area contributed by atoms with Gasteiger partial charge < -0.3 is 24.6 Å². The minimum Gasteiger partial charge on any atom is -0.494 e. The Morgan fingerprint density at radius 2 is 1.74 bits per heavy atom. The Morgan fingerprint density at radius 1 is 1.00 bits per heavy atom. The van der Waals surface area contributed by atoms with E-state index in [0.717, 1.165) is 22.3 Å². The lowest BCUT2D eigenvalue weighted by atomic mass is 10.00. The van der Waals surface area contributed by atoms with Crippen LogP contribution in [0.2, 0.25) is 0 Å². The first-order chi connectivity index (χ1) is 18.2. The number of ether oxygens (including phenoxy) is 1. The third-order valence-corrected chi connectivity index (χ3v) is 6.73. The fraction of sp³-hybridized carbons (Fsp3) is 0.207. The van der Waals surface area contributed by atoms with E-state index in [0.29, 0.717) is 40.0 Å². The van der Waals surface area contributed by atoms with Crippen molar-refractivity contribution in [3.05, 3.63) is 87.9 Å². The van der Waals surface area contributed by atoms with Crippen LogP contribution in [0.3, 0.4) is 0 Å². The lowest BCUT2D eigenvalue weighted by Crippen LogP contribution is -2.35. The number of amides is 1. The highest BCUT2D eigenvalue weighted by Crippen LogP contribution is 2.35. The Labute approximate surface area is 229 Å². The topological polar surface area (TPSA) is 98.2 Å². The summed E-state index contributed by atoms with van der Waals surface area (Å²) in [5.41, 5.74) is 4.21. The number of nitrogens with one attached hydrogen (secondary N) is 1. The summed E-state index contributed by atoms with van der Waals surface area (Å²) in [4.78, 5) is 36.0. The first-order valence-corrected chi connectivity index (χ1v) is 12.8. The van der Waals surface area contributed by atoms with Gasteiger partial charge >= 0.3 is 5.97 Å². The molecule has 8 nitrogen and oxygen atoms in total. The molecule has 2 N–H and O–H groups in total. The zero-order chi connectivity index (χ0) is 27.4. The molecule has 9 heteroatoms. The summed E-state index contributed by atoms with van der Waals surface area (Å²) in [6, 6.07) is 20.2. The summed E-state index contributed by atoms with van der Waals surface area (Å²) in [5.74, 6) is -0.579. The first-order valence-electron chi connectivity index (χ1n) is 12.0. The number of likely N-dealkylation sites (N-methyl/N-ethyl adjacent to an activating group) is 1. The number of anilines is 1. The monoisotopic (exact) mass is 576 g/mol. The predicted molar refractivity (Wildman–Crippen MR) is 154 cm³/mol. The maximum Gasteiger partial charge on any atom is 0.337 e. The second kappa shape index (κ2) is 11.6.